The lowest BCUT2D eigenvalue weighted by Crippen LogP contribution is -2.36. The number of aromatic hydroxyl groups is 1. The van der Waals surface area contributed by atoms with Crippen LogP contribution in [0.5, 0.6) is 11.5 Å². The average molecular weight is 448 g/mol. The number of amides is 1. The third kappa shape index (κ3) is 4.09. The summed E-state index contributed by atoms with van der Waals surface area (Å²) in [6.07, 6.45) is 4.02. The van der Waals surface area contributed by atoms with Gasteiger partial charge in [-0.25, -0.2) is 0 Å². The van der Waals surface area contributed by atoms with E-state index in [0.29, 0.717) is 30.1 Å². The number of aromatic nitrogens is 2. The molecule has 3 aromatic rings. The Labute approximate surface area is 193 Å². The Hall–Kier alpha value is -3.32. The minimum atomic E-state index is -0.347. The largest absolute Gasteiger partial charge is 0.507 e. The SMILES string of the molecule is CCCCOc1cccc([C@@H]2c3c(-c4ccccc4O)n[nH]c3C(=O)N2C[C@@H]2CCCO2)c1. The zero-order valence-electron chi connectivity index (χ0n) is 18.8. The van der Waals surface area contributed by atoms with E-state index in [0.717, 1.165) is 49.2 Å². The van der Waals surface area contributed by atoms with Crippen LogP contribution in [-0.4, -0.2) is 52.0 Å². The van der Waals surface area contributed by atoms with E-state index in [1.807, 2.05) is 41.3 Å². The third-order valence-corrected chi connectivity index (χ3v) is 6.39. The van der Waals surface area contributed by atoms with Crippen molar-refractivity contribution in [1.82, 2.24) is 15.1 Å². The molecular weight excluding hydrogens is 418 g/mol. The summed E-state index contributed by atoms with van der Waals surface area (Å²) in [7, 11) is 0. The lowest BCUT2D eigenvalue weighted by Gasteiger charge is -2.28. The topological polar surface area (TPSA) is 87.7 Å². The van der Waals surface area contributed by atoms with Crippen molar-refractivity contribution in [2.75, 3.05) is 19.8 Å². The van der Waals surface area contributed by atoms with Crippen molar-refractivity contribution in [2.45, 2.75) is 44.8 Å². The molecule has 0 unspecified atom stereocenters. The molecule has 7 nitrogen and oxygen atoms in total. The maximum absolute atomic E-state index is 13.5. The fourth-order valence-electron chi connectivity index (χ4n) is 4.73. The number of unbranched alkanes of at least 4 members (excludes halogenated alkanes) is 1. The number of hydrogen-bond acceptors (Lipinski definition) is 5. The maximum Gasteiger partial charge on any atom is 0.273 e. The number of phenolic OH excluding ortho intramolecular Hbond substituents is 1. The summed E-state index contributed by atoms with van der Waals surface area (Å²) < 4.78 is 11.8. The highest BCUT2D eigenvalue weighted by molar-refractivity contribution is 6.00. The lowest BCUT2D eigenvalue weighted by atomic mass is 9.95. The van der Waals surface area contributed by atoms with Gasteiger partial charge in [0.1, 0.15) is 22.9 Å². The fourth-order valence-corrected chi connectivity index (χ4v) is 4.73. The standard InChI is InChI=1S/C26H29N3O4/c1-2-3-13-32-18-9-6-8-17(15-18)25-22-23(20-11-4-5-12-21(20)30)27-28-24(22)26(31)29(25)16-19-10-7-14-33-19/h4-6,8-9,11-12,15,19,25,30H,2-3,7,10,13-14,16H2,1H3,(H,27,28)/t19-,25+/m0/s1. The zero-order chi connectivity index (χ0) is 22.8. The van der Waals surface area contributed by atoms with Crippen LogP contribution in [0.25, 0.3) is 11.3 Å². The van der Waals surface area contributed by atoms with Gasteiger partial charge in [-0.3, -0.25) is 9.89 Å². The first-order chi connectivity index (χ1) is 16.2. The van der Waals surface area contributed by atoms with Gasteiger partial charge in [-0.15, -0.1) is 0 Å². The number of fused-ring (bicyclic) bond motifs is 1. The summed E-state index contributed by atoms with van der Waals surface area (Å²) in [5.41, 5.74) is 3.39. The molecule has 1 aromatic heterocycles. The second-order valence-corrected chi connectivity index (χ2v) is 8.65. The highest BCUT2D eigenvalue weighted by Gasteiger charge is 2.43. The number of ether oxygens (including phenoxy) is 2. The monoisotopic (exact) mass is 447 g/mol. The van der Waals surface area contributed by atoms with Crippen molar-refractivity contribution >= 4 is 5.91 Å². The highest BCUT2D eigenvalue weighted by atomic mass is 16.5. The van der Waals surface area contributed by atoms with Gasteiger partial charge in [-0.05, 0) is 49.1 Å². The van der Waals surface area contributed by atoms with Gasteiger partial charge in [0.2, 0.25) is 0 Å². The van der Waals surface area contributed by atoms with Crippen LogP contribution in [0.1, 0.15) is 60.3 Å². The van der Waals surface area contributed by atoms with Crippen LogP contribution in [0.15, 0.2) is 48.5 Å². The normalized spacial score (nSPS) is 19.8. The molecule has 1 saturated heterocycles. The molecule has 2 aromatic carbocycles. The molecule has 0 saturated carbocycles. The van der Waals surface area contributed by atoms with E-state index in [1.165, 1.54) is 0 Å². The van der Waals surface area contributed by atoms with Crippen LogP contribution in [0.3, 0.4) is 0 Å². The van der Waals surface area contributed by atoms with E-state index in [9.17, 15) is 9.90 Å². The summed E-state index contributed by atoms with van der Waals surface area (Å²) in [5, 5.41) is 17.9. The Kier molecular flexibility index (Phi) is 6.05. The molecule has 1 amide bonds. The molecule has 0 bridgehead atoms. The zero-order valence-corrected chi connectivity index (χ0v) is 18.8. The first-order valence-electron chi connectivity index (χ1n) is 11.7. The van der Waals surface area contributed by atoms with E-state index < -0.39 is 0 Å². The summed E-state index contributed by atoms with van der Waals surface area (Å²) in [4.78, 5) is 15.4. The molecule has 0 radical (unpaired) electrons. The molecule has 2 aliphatic rings. The quantitative estimate of drug-likeness (QED) is 0.490. The number of hydrogen-bond donors (Lipinski definition) is 2. The summed E-state index contributed by atoms with van der Waals surface area (Å²) >= 11 is 0. The van der Waals surface area contributed by atoms with E-state index in [1.54, 1.807) is 12.1 Å². The molecule has 1 fully saturated rings. The first kappa shape index (κ1) is 21.5. The van der Waals surface area contributed by atoms with Crippen molar-refractivity contribution in [1.29, 1.82) is 0 Å². The third-order valence-electron chi connectivity index (χ3n) is 6.39. The van der Waals surface area contributed by atoms with Gasteiger partial charge in [0.05, 0.1) is 18.8 Å². The van der Waals surface area contributed by atoms with Crippen molar-refractivity contribution < 1.29 is 19.4 Å². The number of carbonyl (C=O) groups is 1. The minimum absolute atomic E-state index is 0.0194. The number of nitrogens with one attached hydrogen (secondary N) is 1. The molecule has 5 rings (SSSR count). The second kappa shape index (κ2) is 9.27. The van der Waals surface area contributed by atoms with Gasteiger partial charge in [0.25, 0.3) is 5.91 Å². The van der Waals surface area contributed by atoms with Crippen molar-refractivity contribution in [3.63, 3.8) is 0 Å². The Bertz CT molecular complexity index is 1140. The van der Waals surface area contributed by atoms with Crippen LogP contribution in [-0.2, 0) is 4.74 Å². The number of benzene rings is 2. The molecular formula is C26H29N3O4. The maximum atomic E-state index is 13.5. The van der Waals surface area contributed by atoms with Crippen molar-refractivity contribution in [3.8, 4) is 22.8 Å². The van der Waals surface area contributed by atoms with Gasteiger partial charge >= 0.3 is 0 Å². The van der Waals surface area contributed by atoms with E-state index in [-0.39, 0.29) is 23.8 Å². The second-order valence-electron chi connectivity index (χ2n) is 8.65. The number of H-pyrrole nitrogens is 1. The molecule has 172 valence electrons. The molecule has 2 aliphatic heterocycles. The Morgan fingerprint density at radius 1 is 1.24 bits per heavy atom. The number of phenols is 1. The molecule has 0 spiro atoms. The Morgan fingerprint density at radius 3 is 2.91 bits per heavy atom. The molecule has 2 atom stereocenters. The van der Waals surface area contributed by atoms with Crippen molar-refractivity contribution in [3.05, 3.63) is 65.4 Å². The highest BCUT2D eigenvalue weighted by Crippen LogP contribution is 2.45. The van der Waals surface area contributed by atoms with E-state index in [2.05, 4.69) is 17.1 Å². The van der Waals surface area contributed by atoms with Crippen molar-refractivity contribution in [2.24, 2.45) is 0 Å². The Morgan fingerprint density at radius 2 is 2.12 bits per heavy atom. The smallest absolute Gasteiger partial charge is 0.273 e. The van der Waals surface area contributed by atoms with Gasteiger partial charge < -0.3 is 19.5 Å². The lowest BCUT2D eigenvalue weighted by molar-refractivity contribution is 0.0495. The molecule has 3 heterocycles. The molecule has 2 N–H and O–H groups in total. The number of rotatable bonds is 8. The predicted octanol–water partition coefficient (Wildman–Crippen LogP) is 4.69. The van der Waals surface area contributed by atoms with E-state index >= 15 is 0 Å². The van der Waals surface area contributed by atoms with Gasteiger partial charge in [0.15, 0.2) is 0 Å². The van der Waals surface area contributed by atoms with Gasteiger partial charge in [0, 0.05) is 24.3 Å². The molecule has 33 heavy (non-hydrogen) atoms. The number of nitrogens with zero attached hydrogens (tertiary/aromatic N) is 2. The fraction of sp³-hybridized carbons (Fsp3) is 0.385. The van der Waals surface area contributed by atoms with Crippen LogP contribution >= 0.6 is 0 Å². The predicted molar refractivity (Wildman–Crippen MR) is 124 cm³/mol. The summed E-state index contributed by atoms with van der Waals surface area (Å²) in [6.45, 7) is 4.03. The number of aromatic amines is 1. The van der Waals surface area contributed by atoms with Crippen LogP contribution in [0.2, 0.25) is 0 Å². The summed E-state index contributed by atoms with van der Waals surface area (Å²) in [5.74, 6) is 0.815. The van der Waals surface area contributed by atoms with E-state index in [4.69, 9.17) is 9.47 Å². The van der Waals surface area contributed by atoms with Gasteiger partial charge in [-0.2, -0.15) is 5.10 Å². The van der Waals surface area contributed by atoms with Gasteiger partial charge in [-0.1, -0.05) is 37.6 Å². The number of carbonyl (C=O) groups excluding carboxylic acids is 1. The van der Waals surface area contributed by atoms with Crippen LogP contribution in [0, 0.1) is 0 Å². The minimum Gasteiger partial charge on any atom is -0.507 e. The number of para-hydroxylation sites is 1. The molecule has 0 aliphatic carbocycles. The molecule has 7 heteroatoms. The summed E-state index contributed by atoms with van der Waals surface area (Å²) in [6, 6.07) is 14.7. The first-order valence-corrected chi connectivity index (χ1v) is 11.7. The Balaban J connectivity index is 1.57. The van der Waals surface area contributed by atoms with Crippen LogP contribution < -0.4 is 4.74 Å². The van der Waals surface area contributed by atoms with Crippen LogP contribution in [0.4, 0.5) is 0 Å². The average Bonchev–Trinajstić information content (AvgIpc) is 3.54.